The minimum absolute atomic E-state index is 0.277. The van der Waals surface area contributed by atoms with Gasteiger partial charge in [0.05, 0.1) is 6.10 Å². The fourth-order valence-electron chi connectivity index (χ4n) is 1.05. The van der Waals surface area contributed by atoms with Crippen LogP contribution >= 0.6 is 0 Å². The van der Waals surface area contributed by atoms with Crippen molar-refractivity contribution in [1.82, 2.24) is 5.32 Å². The molecule has 0 aliphatic heterocycles. The predicted octanol–water partition coefficient (Wildman–Crippen LogP) is 2.72. The third kappa shape index (κ3) is 11.3. The average Bonchev–Trinajstić information content (AvgIpc) is 2.07. The number of ether oxygens (including phenoxy) is 2. The van der Waals surface area contributed by atoms with Gasteiger partial charge in [-0.05, 0) is 47.5 Å². The van der Waals surface area contributed by atoms with Crippen molar-refractivity contribution < 1.29 is 14.3 Å². The summed E-state index contributed by atoms with van der Waals surface area (Å²) in [4.78, 5) is 11.2. The first-order valence-electron chi connectivity index (χ1n) is 5.90. The van der Waals surface area contributed by atoms with Gasteiger partial charge in [-0.15, -0.1) is 0 Å². The smallest absolute Gasteiger partial charge is 0.407 e. The molecule has 4 heteroatoms. The van der Waals surface area contributed by atoms with E-state index in [9.17, 15) is 4.79 Å². The van der Waals surface area contributed by atoms with Gasteiger partial charge in [-0.25, -0.2) is 4.79 Å². The van der Waals surface area contributed by atoms with Gasteiger partial charge in [0.25, 0.3) is 0 Å². The van der Waals surface area contributed by atoms with Crippen LogP contribution in [0.1, 0.15) is 47.5 Å². The minimum Gasteiger partial charge on any atom is -0.444 e. The fourth-order valence-corrected chi connectivity index (χ4v) is 1.05. The summed E-state index contributed by atoms with van der Waals surface area (Å²) in [5, 5.41) is 2.71. The van der Waals surface area contributed by atoms with Crippen LogP contribution in [0.5, 0.6) is 0 Å². The zero-order chi connectivity index (χ0) is 12.6. The summed E-state index contributed by atoms with van der Waals surface area (Å²) in [7, 11) is 0. The second kappa shape index (κ2) is 7.49. The Labute approximate surface area is 98.7 Å². The SMILES string of the molecule is CC(C)OCCCCNC(=O)OC(C)(C)C. The first kappa shape index (κ1) is 15.2. The zero-order valence-corrected chi connectivity index (χ0v) is 11.1. The lowest BCUT2D eigenvalue weighted by Gasteiger charge is -2.19. The van der Waals surface area contributed by atoms with E-state index in [1.165, 1.54) is 0 Å². The molecule has 4 nitrogen and oxygen atoms in total. The Morgan fingerprint density at radius 3 is 2.38 bits per heavy atom. The lowest BCUT2D eigenvalue weighted by molar-refractivity contribution is 0.0518. The number of carbonyl (C=O) groups is 1. The van der Waals surface area contributed by atoms with Crippen molar-refractivity contribution in [1.29, 1.82) is 0 Å². The van der Waals surface area contributed by atoms with E-state index in [0.717, 1.165) is 19.4 Å². The molecule has 0 atom stereocenters. The van der Waals surface area contributed by atoms with Crippen LogP contribution in [-0.4, -0.2) is 30.9 Å². The van der Waals surface area contributed by atoms with Gasteiger partial charge in [0.15, 0.2) is 0 Å². The molecule has 0 heterocycles. The van der Waals surface area contributed by atoms with Crippen LogP contribution in [-0.2, 0) is 9.47 Å². The van der Waals surface area contributed by atoms with Gasteiger partial charge in [-0.2, -0.15) is 0 Å². The number of rotatable bonds is 6. The van der Waals surface area contributed by atoms with Crippen molar-refractivity contribution in [3.8, 4) is 0 Å². The Balaban J connectivity index is 3.35. The van der Waals surface area contributed by atoms with Crippen LogP contribution in [0.25, 0.3) is 0 Å². The number of hydrogen-bond acceptors (Lipinski definition) is 3. The average molecular weight is 231 g/mol. The number of nitrogens with one attached hydrogen (secondary N) is 1. The molecule has 0 unspecified atom stereocenters. The number of amides is 1. The molecule has 0 saturated carbocycles. The molecule has 96 valence electrons. The second-order valence-electron chi connectivity index (χ2n) is 5.06. The standard InChI is InChI=1S/C12H25NO3/c1-10(2)15-9-7-6-8-13-11(14)16-12(3,4)5/h10H,6-9H2,1-5H3,(H,13,14). The summed E-state index contributed by atoms with van der Waals surface area (Å²) in [5.41, 5.74) is -0.426. The van der Waals surface area contributed by atoms with Gasteiger partial charge in [-0.1, -0.05) is 0 Å². The molecule has 0 rings (SSSR count). The van der Waals surface area contributed by atoms with Gasteiger partial charge in [0, 0.05) is 13.2 Å². The summed E-state index contributed by atoms with van der Waals surface area (Å²) in [6, 6.07) is 0. The van der Waals surface area contributed by atoms with E-state index in [4.69, 9.17) is 9.47 Å². The third-order valence-electron chi connectivity index (χ3n) is 1.69. The summed E-state index contributed by atoms with van der Waals surface area (Å²) in [6.45, 7) is 11.0. The predicted molar refractivity (Wildman–Crippen MR) is 64.6 cm³/mol. The van der Waals surface area contributed by atoms with E-state index in [1.807, 2.05) is 34.6 Å². The summed E-state index contributed by atoms with van der Waals surface area (Å²) < 4.78 is 10.5. The second-order valence-corrected chi connectivity index (χ2v) is 5.06. The highest BCUT2D eigenvalue weighted by molar-refractivity contribution is 5.67. The number of alkyl carbamates (subject to hydrolysis) is 1. The van der Waals surface area contributed by atoms with E-state index >= 15 is 0 Å². The Kier molecular flexibility index (Phi) is 7.13. The Hall–Kier alpha value is -0.770. The summed E-state index contributed by atoms with van der Waals surface area (Å²) in [5.74, 6) is 0. The maximum Gasteiger partial charge on any atom is 0.407 e. The molecule has 16 heavy (non-hydrogen) atoms. The van der Waals surface area contributed by atoms with E-state index < -0.39 is 5.60 Å². The van der Waals surface area contributed by atoms with Crippen molar-refractivity contribution in [2.24, 2.45) is 0 Å². The molecule has 1 N–H and O–H groups in total. The molecule has 0 aromatic carbocycles. The van der Waals surface area contributed by atoms with Crippen molar-refractivity contribution >= 4 is 6.09 Å². The number of unbranched alkanes of at least 4 members (excludes halogenated alkanes) is 1. The van der Waals surface area contributed by atoms with Gasteiger partial charge < -0.3 is 14.8 Å². The molecule has 1 amide bonds. The maximum absolute atomic E-state index is 11.2. The van der Waals surface area contributed by atoms with Gasteiger partial charge in [0.1, 0.15) is 5.60 Å². The van der Waals surface area contributed by atoms with Crippen LogP contribution in [0.3, 0.4) is 0 Å². The number of hydrogen-bond donors (Lipinski definition) is 1. The Bertz CT molecular complexity index is 197. The van der Waals surface area contributed by atoms with Crippen molar-refractivity contribution in [3.63, 3.8) is 0 Å². The quantitative estimate of drug-likeness (QED) is 0.715. The van der Waals surface area contributed by atoms with Crippen LogP contribution in [0.2, 0.25) is 0 Å². The molecule has 0 aliphatic rings. The molecule has 0 aliphatic carbocycles. The summed E-state index contributed by atoms with van der Waals surface area (Å²) >= 11 is 0. The molecule has 0 fully saturated rings. The van der Waals surface area contributed by atoms with E-state index in [-0.39, 0.29) is 12.2 Å². The topological polar surface area (TPSA) is 47.6 Å². The number of carbonyl (C=O) groups excluding carboxylic acids is 1. The molecule has 0 aromatic rings. The van der Waals surface area contributed by atoms with Crippen molar-refractivity contribution in [3.05, 3.63) is 0 Å². The highest BCUT2D eigenvalue weighted by atomic mass is 16.6. The van der Waals surface area contributed by atoms with Crippen LogP contribution in [0.4, 0.5) is 4.79 Å². The maximum atomic E-state index is 11.2. The first-order chi connectivity index (χ1) is 7.31. The van der Waals surface area contributed by atoms with Crippen LogP contribution in [0.15, 0.2) is 0 Å². The van der Waals surface area contributed by atoms with E-state index in [1.54, 1.807) is 0 Å². The highest BCUT2D eigenvalue weighted by Gasteiger charge is 2.15. The molecular formula is C12H25NO3. The largest absolute Gasteiger partial charge is 0.444 e. The Morgan fingerprint density at radius 2 is 1.88 bits per heavy atom. The third-order valence-corrected chi connectivity index (χ3v) is 1.69. The summed E-state index contributed by atoms with van der Waals surface area (Å²) in [6.07, 6.45) is 1.79. The van der Waals surface area contributed by atoms with Crippen molar-refractivity contribution in [2.75, 3.05) is 13.2 Å². The molecule has 0 radical (unpaired) electrons. The molecule has 0 spiro atoms. The molecule has 0 aromatic heterocycles. The van der Waals surface area contributed by atoms with Gasteiger partial charge in [0.2, 0.25) is 0 Å². The molecule has 0 saturated heterocycles. The van der Waals surface area contributed by atoms with E-state index in [2.05, 4.69) is 5.32 Å². The van der Waals surface area contributed by atoms with Crippen LogP contribution < -0.4 is 5.32 Å². The Morgan fingerprint density at radius 1 is 1.25 bits per heavy atom. The van der Waals surface area contributed by atoms with E-state index in [0.29, 0.717) is 6.54 Å². The van der Waals surface area contributed by atoms with Crippen molar-refractivity contribution in [2.45, 2.75) is 59.2 Å². The minimum atomic E-state index is -0.426. The normalized spacial score (nSPS) is 11.6. The highest BCUT2D eigenvalue weighted by Crippen LogP contribution is 2.06. The lowest BCUT2D eigenvalue weighted by atomic mass is 10.2. The molecular weight excluding hydrogens is 206 g/mol. The van der Waals surface area contributed by atoms with Crippen LogP contribution in [0, 0.1) is 0 Å². The lowest BCUT2D eigenvalue weighted by Crippen LogP contribution is -2.33. The first-order valence-corrected chi connectivity index (χ1v) is 5.90. The van der Waals surface area contributed by atoms with Gasteiger partial charge >= 0.3 is 6.09 Å². The van der Waals surface area contributed by atoms with Gasteiger partial charge in [-0.3, -0.25) is 0 Å². The zero-order valence-electron chi connectivity index (χ0n) is 11.1. The monoisotopic (exact) mass is 231 g/mol. The fraction of sp³-hybridized carbons (Fsp3) is 0.917. The molecule has 0 bridgehead atoms.